The average molecular weight is 391 g/mol. The third kappa shape index (κ3) is 3.97. The number of anilines is 3. The van der Waals surface area contributed by atoms with E-state index >= 15 is 0 Å². The van der Waals surface area contributed by atoms with E-state index in [-0.39, 0.29) is 0 Å². The van der Waals surface area contributed by atoms with Gasteiger partial charge in [0.2, 0.25) is 5.95 Å². The Morgan fingerprint density at radius 3 is 2.55 bits per heavy atom. The van der Waals surface area contributed by atoms with Crippen LogP contribution >= 0.6 is 0 Å². The molecule has 1 N–H and O–H groups in total. The molecule has 0 radical (unpaired) electrons. The Morgan fingerprint density at radius 1 is 1.03 bits per heavy atom. The standard InChI is InChI=1S/C22H26N6O/c1-17-11-18(24-22-23-16-28(25-22)19-5-3-2-4-6-19)13-20(12-17)26-7-9-27(10-8-26)21-14-29-15-21/h2-6,11-13,16,21H,7-10,14-15H2,1H3,(H,24,25)/i21D. The fraction of sp³-hybridized carbons (Fsp3) is 0.364. The Bertz CT molecular complexity index is 1010. The van der Waals surface area contributed by atoms with Crippen molar-refractivity contribution in [2.75, 3.05) is 49.6 Å². The molecule has 0 unspecified atom stereocenters. The van der Waals surface area contributed by atoms with E-state index in [0.29, 0.717) is 19.2 Å². The van der Waals surface area contributed by atoms with Gasteiger partial charge in [-0.3, -0.25) is 4.90 Å². The summed E-state index contributed by atoms with van der Waals surface area (Å²) in [6, 6.07) is 15.9. The first kappa shape index (κ1) is 17.0. The molecular formula is C22H26N6O. The zero-order valence-corrected chi connectivity index (χ0v) is 16.6. The number of nitrogens with one attached hydrogen (secondary N) is 1. The number of hydrogen-bond donors (Lipinski definition) is 1. The summed E-state index contributed by atoms with van der Waals surface area (Å²) in [5.74, 6) is 0.571. The molecule has 5 rings (SSSR count). The molecule has 3 heterocycles. The molecule has 0 bridgehead atoms. The maximum Gasteiger partial charge on any atom is 0.246 e. The van der Waals surface area contributed by atoms with Crippen molar-refractivity contribution in [3.05, 3.63) is 60.4 Å². The fourth-order valence-corrected chi connectivity index (χ4v) is 3.83. The number of aromatic nitrogens is 3. The van der Waals surface area contributed by atoms with E-state index in [0.717, 1.165) is 37.6 Å². The van der Waals surface area contributed by atoms with E-state index < -0.39 is 6.02 Å². The van der Waals surface area contributed by atoms with Gasteiger partial charge in [-0.15, -0.1) is 5.10 Å². The van der Waals surface area contributed by atoms with Gasteiger partial charge >= 0.3 is 0 Å². The van der Waals surface area contributed by atoms with Crippen LogP contribution in [-0.4, -0.2) is 65.1 Å². The number of benzene rings is 2. The van der Waals surface area contributed by atoms with Gasteiger partial charge in [-0.1, -0.05) is 18.2 Å². The first-order valence-corrected chi connectivity index (χ1v) is 10.0. The topological polar surface area (TPSA) is 58.5 Å². The lowest BCUT2D eigenvalue weighted by Gasteiger charge is -2.43. The van der Waals surface area contributed by atoms with Gasteiger partial charge in [-0.2, -0.15) is 4.98 Å². The number of ether oxygens (including phenoxy) is 1. The highest BCUT2D eigenvalue weighted by molar-refractivity contribution is 5.64. The SMILES string of the molecule is [2H]C1(N2CCN(c3cc(C)cc(Nc4ncn(-c5ccccc5)n4)c3)CC2)COC1. The van der Waals surface area contributed by atoms with Crippen molar-refractivity contribution in [3.63, 3.8) is 0 Å². The maximum absolute atomic E-state index is 8.44. The van der Waals surface area contributed by atoms with E-state index in [9.17, 15) is 0 Å². The summed E-state index contributed by atoms with van der Waals surface area (Å²) < 4.78 is 15.5. The molecule has 2 fully saturated rings. The summed E-state index contributed by atoms with van der Waals surface area (Å²) in [5.41, 5.74) is 4.32. The minimum atomic E-state index is -0.519. The molecule has 7 heteroatoms. The highest BCUT2D eigenvalue weighted by Gasteiger charge is 2.29. The highest BCUT2D eigenvalue weighted by Crippen LogP contribution is 2.26. The van der Waals surface area contributed by atoms with Crippen LogP contribution in [0.2, 0.25) is 0 Å². The predicted octanol–water partition coefficient (Wildman–Crippen LogP) is 2.84. The number of rotatable bonds is 5. The number of nitrogens with zero attached hydrogens (tertiary/aromatic N) is 5. The lowest BCUT2D eigenvalue weighted by atomic mass is 10.1. The molecule has 2 aromatic carbocycles. The Morgan fingerprint density at radius 2 is 1.83 bits per heavy atom. The van der Waals surface area contributed by atoms with Crippen LogP contribution in [0.25, 0.3) is 5.69 Å². The van der Waals surface area contributed by atoms with Gasteiger partial charge in [0.25, 0.3) is 0 Å². The second-order valence-electron chi connectivity index (χ2n) is 7.56. The van der Waals surface area contributed by atoms with Crippen molar-refractivity contribution in [1.29, 1.82) is 0 Å². The maximum atomic E-state index is 8.44. The van der Waals surface area contributed by atoms with Crippen LogP contribution in [0.1, 0.15) is 6.93 Å². The van der Waals surface area contributed by atoms with Crippen molar-refractivity contribution >= 4 is 17.3 Å². The number of piperazine rings is 1. The first-order valence-electron chi connectivity index (χ1n) is 10.5. The van der Waals surface area contributed by atoms with Gasteiger partial charge in [0, 0.05) is 37.6 Å². The number of hydrogen-bond acceptors (Lipinski definition) is 6. The summed E-state index contributed by atoms with van der Waals surface area (Å²) >= 11 is 0. The van der Waals surface area contributed by atoms with E-state index in [2.05, 4.69) is 50.3 Å². The van der Waals surface area contributed by atoms with Crippen LogP contribution < -0.4 is 10.2 Å². The lowest BCUT2D eigenvalue weighted by molar-refractivity contribution is -0.0660. The third-order valence-corrected chi connectivity index (χ3v) is 5.46. The van der Waals surface area contributed by atoms with Crippen molar-refractivity contribution in [2.24, 2.45) is 0 Å². The van der Waals surface area contributed by atoms with Crippen LogP contribution in [0.3, 0.4) is 0 Å². The lowest BCUT2D eigenvalue weighted by Crippen LogP contribution is -2.56. The molecule has 3 aromatic rings. The molecule has 2 aliphatic heterocycles. The molecule has 2 saturated heterocycles. The minimum Gasteiger partial charge on any atom is -0.378 e. The fourth-order valence-electron chi connectivity index (χ4n) is 3.83. The van der Waals surface area contributed by atoms with E-state index in [1.54, 1.807) is 11.0 Å². The second kappa shape index (κ2) is 7.85. The van der Waals surface area contributed by atoms with Crippen LogP contribution in [0, 0.1) is 6.92 Å². The Labute approximate surface area is 172 Å². The van der Waals surface area contributed by atoms with Gasteiger partial charge in [0.1, 0.15) is 6.33 Å². The normalized spacial score (nSPS) is 19.5. The molecule has 0 saturated carbocycles. The van der Waals surface area contributed by atoms with Crippen LogP contribution in [0.15, 0.2) is 54.9 Å². The smallest absolute Gasteiger partial charge is 0.246 e. The van der Waals surface area contributed by atoms with E-state index in [1.807, 2.05) is 30.3 Å². The monoisotopic (exact) mass is 391 g/mol. The molecular weight excluding hydrogens is 364 g/mol. The summed E-state index contributed by atoms with van der Waals surface area (Å²) in [6.45, 7) is 6.72. The molecule has 7 nitrogen and oxygen atoms in total. The third-order valence-electron chi connectivity index (χ3n) is 5.46. The molecule has 0 amide bonds. The summed E-state index contributed by atoms with van der Waals surface area (Å²) in [4.78, 5) is 9.02. The van der Waals surface area contributed by atoms with Gasteiger partial charge in [-0.25, -0.2) is 4.68 Å². The van der Waals surface area contributed by atoms with Gasteiger partial charge < -0.3 is 15.0 Å². The van der Waals surface area contributed by atoms with Crippen LogP contribution in [0.5, 0.6) is 0 Å². The molecule has 1 aromatic heterocycles. The van der Waals surface area contributed by atoms with Gasteiger partial charge in [0.05, 0.1) is 26.3 Å². The van der Waals surface area contributed by atoms with E-state index in [1.165, 1.54) is 11.3 Å². The molecule has 0 spiro atoms. The van der Waals surface area contributed by atoms with Crippen molar-refractivity contribution in [3.8, 4) is 5.69 Å². The molecule has 0 aliphatic carbocycles. The predicted molar refractivity (Wildman–Crippen MR) is 114 cm³/mol. The zero-order chi connectivity index (χ0) is 20.6. The summed E-state index contributed by atoms with van der Waals surface area (Å²) in [5, 5.41) is 7.88. The van der Waals surface area contributed by atoms with Gasteiger partial charge in [-0.05, 0) is 42.8 Å². The Kier molecular flexibility index (Phi) is 4.60. The Hall–Kier alpha value is -2.90. The zero-order valence-electron chi connectivity index (χ0n) is 17.6. The van der Waals surface area contributed by atoms with Gasteiger partial charge in [0.15, 0.2) is 0 Å². The van der Waals surface area contributed by atoms with Crippen LogP contribution in [0.4, 0.5) is 17.3 Å². The summed E-state index contributed by atoms with van der Waals surface area (Å²) in [6.07, 6.45) is 1.72. The largest absolute Gasteiger partial charge is 0.378 e. The second-order valence-corrected chi connectivity index (χ2v) is 7.56. The average Bonchev–Trinajstić information content (AvgIpc) is 3.21. The minimum absolute atomic E-state index is 0.519. The first-order chi connectivity index (χ1) is 14.6. The van der Waals surface area contributed by atoms with Crippen LogP contribution in [-0.2, 0) is 4.74 Å². The van der Waals surface area contributed by atoms with Crippen molar-refractivity contribution in [2.45, 2.75) is 12.9 Å². The summed E-state index contributed by atoms with van der Waals surface area (Å²) in [7, 11) is 0. The quantitative estimate of drug-likeness (QED) is 0.722. The van der Waals surface area contributed by atoms with Crippen molar-refractivity contribution < 1.29 is 6.11 Å². The molecule has 150 valence electrons. The number of aryl methyl sites for hydroxylation is 1. The Balaban J connectivity index is 1.28. The highest BCUT2D eigenvalue weighted by atomic mass is 16.5. The van der Waals surface area contributed by atoms with E-state index in [4.69, 9.17) is 6.11 Å². The molecule has 0 atom stereocenters. The van der Waals surface area contributed by atoms with Crippen molar-refractivity contribution in [1.82, 2.24) is 19.7 Å². The molecule has 2 aliphatic rings. The molecule has 29 heavy (non-hydrogen) atoms. The number of para-hydroxylation sites is 1.